The van der Waals surface area contributed by atoms with Crippen molar-refractivity contribution in [2.75, 3.05) is 0 Å². The molecule has 3 nitrogen and oxygen atoms in total. The largest absolute Gasteiger partial charge is 0.392 e. The van der Waals surface area contributed by atoms with Gasteiger partial charge in [-0.15, -0.1) is 0 Å². The summed E-state index contributed by atoms with van der Waals surface area (Å²) in [6.07, 6.45) is 0. The summed E-state index contributed by atoms with van der Waals surface area (Å²) in [7, 11) is 0. The molecule has 1 aromatic carbocycles. The predicted octanol–water partition coefficient (Wildman–Crippen LogP) is 1.53. The first kappa shape index (κ1) is 10.1. The van der Waals surface area contributed by atoms with Gasteiger partial charge in [0.25, 0.3) is 0 Å². The Morgan fingerprint density at radius 1 is 1.07 bits per heavy atom. The van der Waals surface area contributed by atoms with Gasteiger partial charge in [-0.25, -0.2) is 0 Å². The summed E-state index contributed by atoms with van der Waals surface area (Å²) in [6, 6.07) is 7.77. The molecule has 0 fully saturated rings. The SMILES string of the molecule is Cc1nc(CO)c(CO)c2ccccc12. The van der Waals surface area contributed by atoms with Gasteiger partial charge in [0.2, 0.25) is 0 Å². The zero-order valence-corrected chi connectivity index (χ0v) is 8.57. The van der Waals surface area contributed by atoms with E-state index in [2.05, 4.69) is 4.98 Å². The minimum absolute atomic E-state index is 0.0936. The van der Waals surface area contributed by atoms with Gasteiger partial charge in [-0.1, -0.05) is 24.3 Å². The van der Waals surface area contributed by atoms with Gasteiger partial charge in [0.15, 0.2) is 0 Å². The van der Waals surface area contributed by atoms with Crippen molar-refractivity contribution >= 4 is 10.8 Å². The average Bonchev–Trinajstić information content (AvgIpc) is 2.29. The van der Waals surface area contributed by atoms with Gasteiger partial charge in [0.1, 0.15) is 0 Å². The topological polar surface area (TPSA) is 53.4 Å². The van der Waals surface area contributed by atoms with Crippen molar-refractivity contribution in [2.24, 2.45) is 0 Å². The molecule has 78 valence electrons. The number of hydrogen-bond acceptors (Lipinski definition) is 3. The van der Waals surface area contributed by atoms with Crippen LogP contribution in [0.2, 0.25) is 0 Å². The lowest BCUT2D eigenvalue weighted by molar-refractivity contribution is 0.257. The number of hydrogen-bond donors (Lipinski definition) is 2. The number of aliphatic hydroxyl groups excluding tert-OH is 2. The van der Waals surface area contributed by atoms with E-state index in [0.717, 1.165) is 22.0 Å². The molecule has 0 amide bonds. The summed E-state index contributed by atoms with van der Waals surface area (Å²) >= 11 is 0. The van der Waals surface area contributed by atoms with Crippen molar-refractivity contribution in [1.29, 1.82) is 0 Å². The third kappa shape index (κ3) is 1.60. The van der Waals surface area contributed by atoms with E-state index in [4.69, 9.17) is 5.11 Å². The van der Waals surface area contributed by atoms with E-state index in [1.807, 2.05) is 31.2 Å². The fourth-order valence-electron chi connectivity index (χ4n) is 1.85. The minimum atomic E-state index is -0.137. The number of aryl methyl sites for hydroxylation is 1. The smallest absolute Gasteiger partial charge is 0.0857 e. The number of nitrogens with zero attached hydrogens (tertiary/aromatic N) is 1. The van der Waals surface area contributed by atoms with E-state index in [9.17, 15) is 5.11 Å². The highest BCUT2D eigenvalue weighted by Crippen LogP contribution is 2.23. The van der Waals surface area contributed by atoms with Crippen molar-refractivity contribution in [3.63, 3.8) is 0 Å². The third-order valence-corrected chi connectivity index (χ3v) is 2.60. The van der Waals surface area contributed by atoms with Crippen molar-refractivity contribution in [2.45, 2.75) is 20.1 Å². The molecular weight excluding hydrogens is 190 g/mol. The monoisotopic (exact) mass is 203 g/mol. The maximum atomic E-state index is 9.29. The number of benzene rings is 1. The molecule has 0 unspecified atom stereocenters. The zero-order chi connectivity index (χ0) is 10.8. The van der Waals surface area contributed by atoms with Crippen LogP contribution in [0.1, 0.15) is 17.0 Å². The first-order valence-electron chi connectivity index (χ1n) is 4.86. The molecule has 0 aliphatic heterocycles. The highest BCUT2D eigenvalue weighted by Gasteiger charge is 2.09. The Morgan fingerprint density at radius 3 is 2.33 bits per heavy atom. The molecule has 2 N–H and O–H groups in total. The normalized spacial score (nSPS) is 10.9. The van der Waals surface area contributed by atoms with E-state index in [1.54, 1.807) is 0 Å². The number of fused-ring (bicyclic) bond motifs is 1. The molecule has 2 rings (SSSR count). The Labute approximate surface area is 88.0 Å². The Hall–Kier alpha value is -1.45. The molecule has 0 saturated heterocycles. The molecule has 0 atom stereocenters. The van der Waals surface area contributed by atoms with E-state index >= 15 is 0 Å². The second kappa shape index (κ2) is 3.96. The lowest BCUT2D eigenvalue weighted by Gasteiger charge is -2.10. The Kier molecular flexibility index (Phi) is 2.66. The minimum Gasteiger partial charge on any atom is -0.392 e. The van der Waals surface area contributed by atoms with Crippen LogP contribution in [0, 0.1) is 6.92 Å². The van der Waals surface area contributed by atoms with Crippen LogP contribution in [-0.4, -0.2) is 15.2 Å². The van der Waals surface area contributed by atoms with Crippen LogP contribution in [0.4, 0.5) is 0 Å². The Morgan fingerprint density at radius 2 is 1.73 bits per heavy atom. The molecule has 0 bridgehead atoms. The molecule has 0 radical (unpaired) electrons. The van der Waals surface area contributed by atoms with Gasteiger partial charge in [-0.3, -0.25) is 4.98 Å². The number of pyridine rings is 1. The number of aliphatic hydroxyl groups is 2. The second-order valence-electron chi connectivity index (χ2n) is 3.48. The Bertz CT molecular complexity index is 494. The van der Waals surface area contributed by atoms with Gasteiger partial charge in [0, 0.05) is 16.6 Å². The van der Waals surface area contributed by atoms with E-state index in [0.29, 0.717) is 5.69 Å². The second-order valence-corrected chi connectivity index (χ2v) is 3.48. The molecule has 1 heterocycles. The molecule has 1 aromatic heterocycles. The van der Waals surface area contributed by atoms with E-state index < -0.39 is 0 Å². The maximum Gasteiger partial charge on any atom is 0.0857 e. The summed E-state index contributed by atoms with van der Waals surface area (Å²) < 4.78 is 0. The van der Waals surface area contributed by atoms with Crippen LogP contribution >= 0.6 is 0 Å². The molecule has 0 aliphatic carbocycles. The average molecular weight is 203 g/mol. The van der Waals surface area contributed by atoms with Crippen LogP contribution in [0.15, 0.2) is 24.3 Å². The molecule has 3 heteroatoms. The summed E-state index contributed by atoms with van der Waals surface area (Å²) in [6.45, 7) is 1.67. The lowest BCUT2D eigenvalue weighted by atomic mass is 10.0. The van der Waals surface area contributed by atoms with Crippen LogP contribution in [-0.2, 0) is 13.2 Å². The van der Waals surface area contributed by atoms with E-state index in [1.165, 1.54) is 0 Å². The molecular formula is C12H13NO2. The van der Waals surface area contributed by atoms with Gasteiger partial charge in [-0.05, 0) is 12.3 Å². The van der Waals surface area contributed by atoms with Gasteiger partial charge in [0.05, 0.1) is 18.9 Å². The van der Waals surface area contributed by atoms with Crippen LogP contribution in [0.5, 0.6) is 0 Å². The lowest BCUT2D eigenvalue weighted by Crippen LogP contribution is -2.01. The highest BCUT2D eigenvalue weighted by atomic mass is 16.3. The fraction of sp³-hybridized carbons (Fsp3) is 0.250. The van der Waals surface area contributed by atoms with Crippen molar-refractivity contribution in [3.8, 4) is 0 Å². The fourth-order valence-corrected chi connectivity index (χ4v) is 1.85. The highest BCUT2D eigenvalue weighted by molar-refractivity contribution is 5.87. The first-order chi connectivity index (χ1) is 7.27. The molecule has 0 saturated carbocycles. The van der Waals surface area contributed by atoms with Gasteiger partial charge >= 0.3 is 0 Å². The first-order valence-corrected chi connectivity index (χ1v) is 4.86. The Balaban J connectivity index is 2.85. The quantitative estimate of drug-likeness (QED) is 0.778. The third-order valence-electron chi connectivity index (χ3n) is 2.60. The summed E-state index contributed by atoms with van der Waals surface area (Å²) in [5.41, 5.74) is 2.17. The van der Waals surface area contributed by atoms with Crippen molar-refractivity contribution < 1.29 is 10.2 Å². The maximum absolute atomic E-state index is 9.29. The number of rotatable bonds is 2. The predicted molar refractivity (Wildman–Crippen MR) is 58.3 cm³/mol. The molecule has 0 aliphatic rings. The van der Waals surface area contributed by atoms with E-state index in [-0.39, 0.29) is 13.2 Å². The van der Waals surface area contributed by atoms with Gasteiger partial charge < -0.3 is 10.2 Å². The summed E-state index contributed by atoms with van der Waals surface area (Å²) in [4.78, 5) is 4.28. The number of aromatic nitrogens is 1. The van der Waals surface area contributed by atoms with Gasteiger partial charge in [-0.2, -0.15) is 0 Å². The van der Waals surface area contributed by atoms with Crippen LogP contribution in [0.25, 0.3) is 10.8 Å². The van der Waals surface area contributed by atoms with Crippen LogP contribution in [0.3, 0.4) is 0 Å². The standard InChI is InChI=1S/C12H13NO2/c1-8-9-4-2-3-5-10(9)11(6-14)12(7-15)13-8/h2-5,14-15H,6-7H2,1H3. The zero-order valence-electron chi connectivity index (χ0n) is 8.57. The summed E-state index contributed by atoms with van der Waals surface area (Å²) in [5, 5.41) is 20.4. The van der Waals surface area contributed by atoms with Crippen molar-refractivity contribution in [3.05, 3.63) is 41.2 Å². The van der Waals surface area contributed by atoms with Crippen molar-refractivity contribution in [1.82, 2.24) is 4.98 Å². The summed E-state index contributed by atoms with van der Waals surface area (Å²) in [5.74, 6) is 0. The van der Waals surface area contributed by atoms with Crippen LogP contribution < -0.4 is 0 Å². The molecule has 0 spiro atoms. The molecule has 15 heavy (non-hydrogen) atoms. The molecule has 2 aromatic rings.